The number of nitrogens with one attached hydrogen (secondary N) is 2. The van der Waals surface area contributed by atoms with E-state index in [2.05, 4.69) is 19.8 Å². The van der Waals surface area contributed by atoms with Crippen LogP contribution in [0, 0.1) is 13.8 Å². The van der Waals surface area contributed by atoms with E-state index in [1.165, 1.54) is 18.2 Å². The fraction of sp³-hybridized carbons (Fsp3) is 0.267. The number of aromatic nitrogens is 3. The van der Waals surface area contributed by atoms with Gasteiger partial charge in [0.1, 0.15) is 0 Å². The third-order valence-corrected chi connectivity index (χ3v) is 5.12. The molecule has 24 heavy (non-hydrogen) atoms. The monoisotopic (exact) mass is 348 g/mol. The molecule has 0 aliphatic carbocycles. The van der Waals surface area contributed by atoms with E-state index in [1.54, 1.807) is 26.8 Å². The molecule has 1 atom stereocenters. The summed E-state index contributed by atoms with van der Waals surface area (Å²) < 4.78 is 32.6. The number of aromatic amines is 1. The van der Waals surface area contributed by atoms with Crippen LogP contribution in [0.15, 0.2) is 38.5 Å². The molecule has 1 aromatic carbocycles. The number of fused-ring (bicyclic) bond motifs is 1. The van der Waals surface area contributed by atoms with Gasteiger partial charge in [0.25, 0.3) is 0 Å². The number of pyridine rings is 1. The van der Waals surface area contributed by atoms with Crippen molar-refractivity contribution in [3.8, 4) is 0 Å². The number of H-pyrrole nitrogens is 1. The van der Waals surface area contributed by atoms with Gasteiger partial charge in [-0.15, -0.1) is 0 Å². The zero-order valence-corrected chi connectivity index (χ0v) is 14.1. The number of nitrogens with zero attached hydrogens (tertiary/aromatic N) is 2. The summed E-state index contributed by atoms with van der Waals surface area (Å²) >= 11 is 0. The smallest absolute Gasteiger partial charge is 0.248 e. The summed E-state index contributed by atoms with van der Waals surface area (Å²) in [5, 5.41) is 4.31. The number of hydrogen-bond donors (Lipinski definition) is 2. The second-order valence-corrected chi connectivity index (χ2v) is 7.26. The fourth-order valence-electron chi connectivity index (χ4n) is 2.41. The lowest BCUT2D eigenvalue weighted by atomic mass is 10.1. The van der Waals surface area contributed by atoms with Crippen molar-refractivity contribution >= 4 is 20.9 Å². The first-order chi connectivity index (χ1) is 11.3. The molecule has 0 saturated carbocycles. The zero-order valence-electron chi connectivity index (χ0n) is 13.3. The predicted molar refractivity (Wildman–Crippen MR) is 87.1 cm³/mol. The summed E-state index contributed by atoms with van der Waals surface area (Å²) in [5.41, 5.74) is 1.06. The molecule has 0 aliphatic rings. The molecule has 0 bridgehead atoms. The molecule has 9 heteroatoms. The maximum Gasteiger partial charge on any atom is 0.248 e. The van der Waals surface area contributed by atoms with Crippen LogP contribution in [-0.4, -0.2) is 23.5 Å². The normalized spacial score (nSPS) is 13.3. The lowest BCUT2D eigenvalue weighted by Crippen LogP contribution is -2.27. The SMILES string of the molecule is Cc1noc([C@H](C)NS(=O)(=O)c2ccc3[nH]c(=O)cc(C)c3c2)n1. The Morgan fingerprint density at radius 2 is 2.00 bits per heavy atom. The van der Waals surface area contributed by atoms with Crippen molar-refractivity contribution in [2.24, 2.45) is 0 Å². The van der Waals surface area contributed by atoms with E-state index in [1.807, 2.05) is 0 Å². The molecule has 2 heterocycles. The maximum atomic E-state index is 12.6. The first-order valence-electron chi connectivity index (χ1n) is 7.22. The van der Waals surface area contributed by atoms with E-state index in [-0.39, 0.29) is 16.3 Å². The minimum atomic E-state index is -3.79. The number of hydrogen-bond acceptors (Lipinski definition) is 6. The highest BCUT2D eigenvalue weighted by Crippen LogP contribution is 2.21. The second kappa shape index (κ2) is 5.84. The van der Waals surface area contributed by atoms with E-state index in [0.717, 1.165) is 0 Å². The van der Waals surface area contributed by atoms with Crippen LogP contribution in [0.2, 0.25) is 0 Å². The average Bonchev–Trinajstić information content (AvgIpc) is 2.93. The van der Waals surface area contributed by atoms with Gasteiger partial charge in [0.15, 0.2) is 5.82 Å². The van der Waals surface area contributed by atoms with Crippen molar-refractivity contribution < 1.29 is 12.9 Å². The van der Waals surface area contributed by atoms with Gasteiger partial charge in [-0.05, 0) is 44.5 Å². The summed E-state index contributed by atoms with van der Waals surface area (Å²) in [4.78, 5) is 18.3. The van der Waals surface area contributed by atoms with Crippen molar-refractivity contribution in [2.45, 2.75) is 31.7 Å². The second-order valence-electron chi connectivity index (χ2n) is 5.55. The Morgan fingerprint density at radius 3 is 2.67 bits per heavy atom. The van der Waals surface area contributed by atoms with Gasteiger partial charge in [-0.1, -0.05) is 5.16 Å². The Hall–Kier alpha value is -2.52. The third-order valence-electron chi connectivity index (χ3n) is 3.58. The van der Waals surface area contributed by atoms with E-state index in [0.29, 0.717) is 22.3 Å². The van der Waals surface area contributed by atoms with E-state index in [4.69, 9.17) is 4.52 Å². The quantitative estimate of drug-likeness (QED) is 0.739. The van der Waals surface area contributed by atoms with Crippen LogP contribution < -0.4 is 10.3 Å². The molecular weight excluding hydrogens is 332 g/mol. The van der Waals surface area contributed by atoms with Gasteiger partial charge >= 0.3 is 0 Å². The summed E-state index contributed by atoms with van der Waals surface area (Å²) in [6, 6.07) is 5.29. The molecule has 0 saturated heterocycles. The van der Waals surface area contributed by atoms with Crippen molar-refractivity contribution in [1.82, 2.24) is 19.8 Å². The van der Waals surface area contributed by atoms with Crippen LogP contribution >= 0.6 is 0 Å². The molecule has 3 aromatic rings. The molecule has 0 radical (unpaired) electrons. The van der Waals surface area contributed by atoms with Crippen LogP contribution in [0.4, 0.5) is 0 Å². The standard InChI is InChI=1S/C15H16N4O4S/c1-8-6-14(20)17-13-5-4-11(7-12(8)13)24(21,22)19-9(2)15-16-10(3)18-23-15/h4-7,9,19H,1-3H3,(H,17,20)/t9-/m0/s1. The van der Waals surface area contributed by atoms with Gasteiger partial charge in [-0.2, -0.15) is 9.71 Å². The molecule has 2 aromatic heterocycles. The average molecular weight is 348 g/mol. The number of sulfonamides is 1. The molecule has 0 amide bonds. The Bertz CT molecular complexity index is 1070. The topological polar surface area (TPSA) is 118 Å². The maximum absolute atomic E-state index is 12.6. The minimum Gasteiger partial charge on any atom is -0.338 e. The lowest BCUT2D eigenvalue weighted by Gasteiger charge is -2.11. The minimum absolute atomic E-state index is 0.0910. The summed E-state index contributed by atoms with van der Waals surface area (Å²) in [7, 11) is -3.79. The third kappa shape index (κ3) is 3.08. The molecular formula is C15H16N4O4S. The van der Waals surface area contributed by atoms with Crippen molar-refractivity contribution in [2.75, 3.05) is 0 Å². The Morgan fingerprint density at radius 1 is 1.25 bits per heavy atom. The van der Waals surface area contributed by atoms with Crippen LogP contribution in [0.5, 0.6) is 0 Å². The predicted octanol–water partition coefficient (Wildman–Crippen LogP) is 1.57. The number of aryl methyl sites for hydroxylation is 2. The highest BCUT2D eigenvalue weighted by Gasteiger charge is 2.22. The first kappa shape index (κ1) is 16.3. The van der Waals surface area contributed by atoms with E-state index < -0.39 is 16.1 Å². The fourth-order valence-corrected chi connectivity index (χ4v) is 3.63. The highest BCUT2D eigenvalue weighted by molar-refractivity contribution is 7.89. The Kier molecular flexibility index (Phi) is 3.98. The van der Waals surface area contributed by atoms with Gasteiger partial charge < -0.3 is 9.51 Å². The van der Waals surface area contributed by atoms with Gasteiger partial charge in [-0.25, -0.2) is 8.42 Å². The molecule has 3 rings (SSSR count). The largest absolute Gasteiger partial charge is 0.338 e. The van der Waals surface area contributed by atoms with Crippen LogP contribution in [0.1, 0.15) is 30.2 Å². The van der Waals surface area contributed by atoms with Crippen molar-refractivity contribution in [1.29, 1.82) is 0 Å². The highest BCUT2D eigenvalue weighted by atomic mass is 32.2. The summed E-state index contributed by atoms with van der Waals surface area (Å²) in [5.74, 6) is 0.624. The van der Waals surface area contributed by atoms with Crippen LogP contribution in [0.3, 0.4) is 0 Å². The van der Waals surface area contributed by atoms with Gasteiger partial charge in [-0.3, -0.25) is 4.79 Å². The van der Waals surface area contributed by atoms with E-state index >= 15 is 0 Å². The van der Waals surface area contributed by atoms with Crippen LogP contribution in [0.25, 0.3) is 10.9 Å². The number of benzene rings is 1. The van der Waals surface area contributed by atoms with Gasteiger partial charge in [0.05, 0.1) is 10.9 Å². The van der Waals surface area contributed by atoms with E-state index in [9.17, 15) is 13.2 Å². The summed E-state index contributed by atoms with van der Waals surface area (Å²) in [6.45, 7) is 5.03. The molecule has 0 spiro atoms. The zero-order chi connectivity index (χ0) is 17.5. The Balaban J connectivity index is 1.97. The Labute approximate surface area is 138 Å². The molecule has 0 aliphatic heterocycles. The van der Waals surface area contributed by atoms with Crippen molar-refractivity contribution in [3.63, 3.8) is 0 Å². The van der Waals surface area contributed by atoms with Crippen molar-refractivity contribution in [3.05, 3.63) is 51.9 Å². The molecule has 126 valence electrons. The lowest BCUT2D eigenvalue weighted by molar-refractivity contribution is 0.351. The summed E-state index contributed by atoms with van der Waals surface area (Å²) in [6.07, 6.45) is 0. The van der Waals surface area contributed by atoms with Crippen LogP contribution in [-0.2, 0) is 10.0 Å². The number of rotatable bonds is 4. The molecule has 0 fully saturated rings. The molecule has 0 unspecified atom stereocenters. The van der Waals surface area contributed by atoms with Gasteiger partial charge in [0, 0.05) is 17.0 Å². The first-order valence-corrected chi connectivity index (χ1v) is 8.71. The molecule has 8 nitrogen and oxygen atoms in total. The molecule has 2 N–H and O–H groups in total. The van der Waals surface area contributed by atoms with Gasteiger partial charge in [0.2, 0.25) is 21.5 Å².